The number of hydrogen-bond donors (Lipinski definition) is 0. The summed E-state index contributed by atoms with van der Waals surface area (Å²) in [4.78, 5) is 16.3. The second kappa shape index (κ2) is 13.7. The van der Waals surface area contributed by atoms with Gasteiger partial charge in [0.15, 0.2) is 17.1 Å². The van der Waals surface area contributed by atoms with Crippen molar-refractivity contribution in [2.24, 2.45) is 0 Å². The van der Waals surface area contributed by atoms with E-state index in [2.05, 4.69) is 13.2 Å². The van der Waals surface area contributed by atoms with Gasteiger partial charge in [0.1, 0.15) is 11.5 Å². The summed E-state index contributed by atoms with van der Waals surface area (Å²) < 4.78 is 27.4. The number of ether oxygens (including phenoxy) is 5. The van der Waals surface area contributed by atoms with E-state index in [1.54, 1.807) is 52.3 Å². The Bertz CT molecular complexity index is 1090. The highest BCUT2D eigenvalue weighted by atomic mass is 16.5. The number of urea groups is 1. The van der Waals surface area contributed by atoms with E-state index in [1.807, 2.05) is 50.2 Å². The summed E-state index contributed by atoms with van der Waals surface area (Å²) in [5.74, 6) is 2.92. The van der Waals surface area contributed by atoms with E-state index in [9.17, 15) is 4.79 Å². The quantitative estimate of drug-likeness (QED) is 0.279. The number of rotatable bonds is 14. The van der Waals surface area contributed by atoms with Crippen molar-refractivity contribution >= 4 is 6.03 Å². The first-order chi connectivity index (χ1) is 18.0. The van der Waals surface area contributed by atoms with Crippen LogP contribution in [-0.2, 0) is 17.7 Å². The smallest absolute Gasteiger partial charge is 0.323 e. The summed E-state index contributed by atoms with van der Waals surface area (Å²) in [6, 6.07) is 11.5. The average molecular weight is 527 g/mol. The maximum absolute atomic E-state index is 13.1. The lowest BCUT2D eigenvalue weighted by Crippen LogP contribution is -2.37. The molecule has 2 rings (SSSR count). The molecular formula is C30H42N2O6. The van der Waals surface area contributed by atoms with Gasteiger partial charge >= 0.3 is 6.03 Å². The van der Waals surface area contributed by atoms with E-state index in [4.69, 9.17) is 23.7 Å². The lowest BCUT2D eigenvalue weighted by atomic mass is 10.1. The van der Waals surface area contributed by atoms with Crippen LogP contribution in [0.3, 0.4) is 0 Å². The summed E-state index contributed by atoms with van der Waals surface area (Å²) in [6.45, 7) is 12.2. The highest BCUT2D eigenvalue weighted by molar-refractivity contribution is 5.75. The standard InChI is InChI=1S/C30H42N2O6/c1-21(12-11-13-23-14-16-25(17-15-23)38-30(3,4)22(2)34-7)32(6)29(33)31(5)20-24-18-26(35-8)28(37-10)27(19-24)36-9/h14-19H,1-2,11-13,20H2,3-10H3. The molecule has 0 heterocycles. The van der Waals surface area contributed by atoms with Crippen LogP contribution >= 0.6 is 0 Å². The van der Waals surface area contributed by atoms with Crippen molar-refractivity contribution < 1.29 is 28.5 Å². The van der Waals surface area contributed by atoms with E-state index < -0.39 is 5.60 Å². The number of aryl methyl sites for hydroxylation is 1. The zero-order valence-electron chi connectivity index (χ0n) is 24.1. The number of hydrogen-bond acceptors (Lipinski definition) is 6. The first kappa shape index (κ1) is 30.4. The van der Waals surface area contributed by atoms with Crippen LogP contribution in [0.4, 0.5) is 4.79 Å². The minimum Gasteiger partial charge on any atom is -0.497 e. The molecule has 0 fully saturated rings. The fourth-order valence-corrected chi connectivity index (χ4v) is 3.95. The van der Waals surface area contributed by atoms with Gasteiger partial charge in [-0.25, -0.2) is 4.79 Å². The maximum atomic E-state index is 13.1. The average Bonchev–Trinajstić information content (AvgIpc) is 2.91. The predicted molar refractivity (Wildman–Crippen MR) is 150 cm³/mol. The van der Waals surface area contributed by atoms with Gasteiger partial charge in [-0.15, -0.1) is 0 Å². The molecule has 0 aliphatic heterocycles. The van der Waals surface area contributed by atoms with Crippen molar-refractivity contribution in [3.63, 3.8) is 0 Å². The van der Waals surface area contributed by atoms with Gasteiger partial charge in [-0.3, -0.25) is 0 Å². The molecule has 38 heavy (non-hydrogen) atoms. The van der Waals surface area contributed by atoms with Crippen molar-refractivity contribution in [3.05, 3.63) is 72.1 Å². The summed E-state index contributed by atoms with van der Waals surface area (Å²) >= 11 is 0. The number of benzene rings is 2. The molecule has 0 spiro atoms. The largest absolute Gasteiger partial charge is 0.497 e. The molecule has 0 unspecified atom stereocenters. The van der Waals surface area contributed by atoms with Crippen LogP contribution in [-0.4, -0.2) is 64.0 Å². The molecule has 0 N–H and O–H groups in total. The molecule has 0 bridgehead atoms. The molecule has 2 aromatic carbocycles. The predicted octanol–water partition coefficient (Wildman–Crippen LogP) is 6.05. The lowest BCUT2D eigenvalue weighted by Gasteiger charge is -2.27. The van der Waals surface area contributed by atoms with Crippen LogP contribution in [0.5, 0.6) is 23.0 Å². The number of nitrogens with zero attached hydrogens (tertiary/aromatic N) is 2. The molecule has 2 aromatic rings. The third-order valence-corrected chi connectivity index (χ3v) is 6.38. The number of methoxy groups -OCH3 is 4. The Morgan fingerprint density at radius 3 is 1.97 bits per heavy atom. The number of carbonyl (C=O) groups excluding carboxylic acids is 1. The highest BCUT2D eigenvalue weighted by Gasteiger charge is 2.25. The fraction of sp³-hybridized carbons (Fsp3) is 0.433. The van der Waals surface area contributed by atoms with Crippen LogP contribution < -0.4 is 18.9 Å². The van der Waals surface area contributed by atoms with Gasteiger partial charge in [0, 0.05) is 26.3 Å². The Hall–Kier alpha value is -3.81. The summed E-state index contributed by atoms with van der Waals surface area (Å²) in [6.07, 6.45) is 2.41. The molecular weight excluding hydrogens is 484 g/mol. The zero-order valence-corrected chi connectivity index (χ0v) is 24.1. The minimum absolute atomic E-state index is 0.148. The van der Waals surface area contributed by atoms with Gasteiger partial charge in [-0.05, 0) is 68.5 Å². The van der Waals surface area contributed by atoms with Crippen molar-refractivity contribution in [3.8, 4) is 23.0 Å². The van der Waals surface area contributed by atoms with E-state index >= 15 is 0 Å². The van der Waals surface area contributed by atoms with Crippen LogP contribution in [0.15, 0.2) is 61.0 Å². The monoisotopic (exact) mass is 526 g/mol. The summed E-state index contributed by atoms with van der Waals surface area (Å²) in [7, 11) is 9.78. The molecule has 0 aliphatic carbocycles. The van der Waals surface area contributed by atoms with E-state index in [0.717, 1.165) is 29.9 Å². The van der Waals surface area contributed by atoms with Crippen LogP contribution in [0.25, 0.3) is 0 Å². The highest BCUT2D eigenvalue weighted by Crippen LogP contribution is 2.38. The first-order valence-corrected chi connectivity index (χ1v) is 12.4. The molecule has 0 saturated carbocycles. The third-order valence-electron chi connectivity index (χ3n) is 6.38. The van der Waals surface area contributed by atoms with Crippen LogP contribution in [0, 0.1) is 0 Å². The minimum atomic E-state index is -0.621. The molecule has 0 radical (unpaired) electrons. The maximum Gasteiger partial charge on any atom is 0.323 e. The fourth-order valence-electron chi connectivity index (χ4n) is 3.95. The molecule has 0 atom stereocenters. The Balaban J connectivity index is 1.90. The Morgan fingerprint density at radius 2 is 1.47 bits per heavy atom. The molecule has 8 heteroatoms. The van der Waals surface area contributed by atoms with Gasteiger partial charge in [-0.1, -0.05) is 25.3 Å². The van der Waals surface area contributed by atoms with Gasteiger partial charge in [0.05, 0.1) is 28.4 Å². The Kier molecular flexibility index (Phi) is 10.9. The summed E-state index contributed by atoms with van der Waals surface area (Å²) in [5, 5.41) is 0. The number of carbonyl (C=O) groups is 1. The third kappa shape index (κ3) is 7.84. The second-order valence-electron chi connectivity index (χ2n) is 9.53. The van der Waals surface area contributed by atoms with Crippen LogP contribution in [0.2, 0.25) is 0 Å². The molecule has 0 aromatic heterocycles. The first-order valence-electron chi connectivity index (χ1n) is 12.4. The Labute approximate surface area is 227 Å². The van der Waals surface area contributed by atoms with Crippen molar-refractivity contribution in [1.29, 1.82) is 0 Å². The number of amides is 2. The lowest BCUT2D eigenvalue weighted by molar-refractivity contribution is 0.0790. The molecule has 0 aliphatic rings. The molecule has 0 saturated heterocycles. The van der Waals surface area contributed by atoms with Gasteiger partial charge in [0.25, 0.3) is 0 Å². The van der Waals surface area contributed by atoms with Gasteiger partial charge < -0.3 is 33.5 Å². The van der Waals surface area contributed by atoms with E-state index in [1.165, 1.54) is 5.56 Å². The Morgan fingerprint density at radius 1 is 0.895 bits per heavy atom. The van der Waals surface area contributed by atoms with Gasteiger partial charge in [0.2, 0.25) is 5.75 Å². The normalized spacial score (nSPS) is 10.8. The molecule has 208 valence electrons. The van der Waals surface area contributed by atoms with Crippen LogP contribution in [0.1, 0.15) is 37.8 Å². The SMILES string of the molecule is C=C(CCCc1ccc(OC(C)(C)C(=C)OC)cc1)N(C)C(=O)N(C)Cc1cc(OC)c(OC)c(OC)c1. The van der Waals surface area contributed by atoms with Crippen molar-refractivity contribution in [1.82, 2.24) is 9.80 Å². The topological polar surface area (TPSA) is 69.7 Å². The van der Waals surface area contributed by atoms with Crippen molar-refractivity contribution in [2.45, 2.75) is 45.3 Å². The zero-order chi connectivity index (χ0) is 28.5. The van der Waals surface area contributed by atoms with E-state index in [-0.39, 0.29) is 6.03 Å². The van der Waals surface area contributed by atoms with E-state index in [0.29, 0.717) is 36.0 Å². The number of allylic oxidation sites excluding steroid dienone is 1. The van der Waals surface area contributed by atoms with Gasteiger partial charge in [-0.2, -0.15) is 0 Å². The summed E-state index contributed by atoms with van der Waals surface area (Å²) in [5.41, 5.74) is 2.18. The molecule has 8 nitrogen and oxygen atoms in total. The second-order valence-corrected chi connectivity index (χ2v) is 9.53. The molecule has 2 amide bonds. The van der Waals surface area contributed by atoms with Crippen molar-refractivity contribution in [2.75, 3.05) is 42.5 Å².